The summed E-state index contributed by atoms with van der Waals surface area (Å²) in [6, 6.07) is 1.09. The third-order valence-corrected chi connectivity index (χ3v) is 6.35. The van der Waals surface area contributed by atoms with E-state index in [9.17, 15) is 9.59 Å². The molecule has 3 aromatic rings. The van der Waals surface area contributed by atoms with Crippen molar-refractivity contribution in [2.24, 2.45) is 0 Å². The minimum absolute atomic E-state index is 0.256. The lowest BCUT2D eigenvalue weighted by Gasteiger charge is -2.28. The van der Waals surface area contributed by atoms with E-state index in [2.05, 4.69) is 20.4 Å². The zero-order valence-electron chi connectivity index (χ0n) is 20.6. The first kappa shape index (κ1) is 25.1. The Labute approximate surface area is 208 Å². The highest BCUT2D eigenvalue weighted by Crippen LogP contribution is 2.29. The van der Waals surface area contributed by atoms with Crippen LogP contribution in [0.2, 0.25) is 5.02 Å². The van der Waals surface area contributed by atoms with Gasteiger partial charge in [-0.2, -0.15) is 5.10 Å². The molecule has 0 radical (unpaired) electrons. The highest BCUT2D eigenvalue weighted by Gasteiger charge is 2.25. The fourth-order valence-corrected chi connectivity index (χ4v) is 4.37. The van der Waals surface area contributed by atoms with Crippen molar-refractivity contribution in [2.45, 2.75) is 77.2 Å². The quantitative estimate of drug-likeness (QED) is 0.505. The van der Waals surface area contributed by atoms with Crippen molar-refractivity contribution in [3.05, 3.63) is 40.2 Å². The molecule has 1 aliphatic rings. The van der Waals surface area contributed by atoms with Crippen molar-refractivity contribution in [2.75, 3.05) is 12.4 Å². The molecule has 0 aliphatic heterocycles. The normalized spacial score (nSPS) is 19.5. The standard InChI is InChI=1S/C24H31ClN6O4/c1-14(22(33)35-24(2,3)4)30-13-27-31-12-15(10-19(31)21(30)32)20-18(25)11-26-23(29-20)28-16-6-8-17(34-5)9-7-16/h10-14,16-17H,6-9H2,1-5H3,(H,26,28,29). The zero-order valence-corrected chi connectivity index (χ0v) is 21.4. The van der Waals surface area contributed by atoms with E-state index in [-0.39, 0.29) is 11.6 Å². The number of anilines is 1. The Morgan fingerprint density at radius 3 is 2.63 bits per heavy atom. The molecule has 0 amide bonds. The molecule has 1 fully saturated rings. The highest BCUT2D eigenvalue weighted by atomic mass is 35.5. The van der Waals surface area contributed by atoms with Crippen LogP contribution in [-0.2, 0) is 14.3 Å². The zero-order chi connectivity index (χ0) is 25.3. The van der Waals surface area contributed by atoms with Crippen LogP contribution in [0.3, 0.4) is 0 Å². The van der Waals surface area contributed by atoms with E-state index < -0.39 is 17.6 Å². The van der Waals surface area contributed by atoms with Gasteiger partial charge < -0.3 is 14.8 Å². The minimum Gasteiger partial charge on any atom is -0.458 e. The fraction of sp³-hybridized carbons (Fsp3) is 0.542. The van der Waals surface area contributed by atoms with Gasteiger partial charge in [0.05, 0.1) is 23.0 Å². The molecular formula is C24H31ClN6O4. The number of rotatable bonds is 6. The van der Waals surface area contributed by atoms with Gasteiger partial charge in [-0.25, -0.2) is 19.3 Å². The van der Waals surface area contributed by atoms with Crippen LogP contribution in [0.1, 0.15) is 59.4 Å². The number of fused-ring (bicyclic) bond motifs is 1. The van der Waals surface area contributed by atoms with Crippen LogP contribution in [0.15, 0.2) is 29.6 Å². The molecule has 0 aromatic carbocycles. The number of esters is 1. The second-order valence-electron chi connectivity index (χ2n) is 9.86. The van der Waals surface area contributed by atoms with Gasteiger partial charge in [0.15, 0.2) is 0 Å². The van der Waals surface area contributed by atoms with Crippen LogP contribution in [-0.4, -0.2) is 55.0 Å². The average molecular weight is 503 g/mol. The number of carbonyl (C=O) groups excluding carboxylic acids is 1. The fourth-order valence-electron chi connectivity index (χ4n) is 4.17. The number of methoxy groups -OCH3 is 1. The third-order valence-electron chi connectivity index (χ3n) is 6.08. The SMILES string of the molecule is COC1CCC(Nc2ncc(Cl)c(-c3cc4c(=O)n(C(C)C(=O)OC(C)(C)C)cnn4c3)n2)CC1. The van der Waals surface area contributed by atoms with Gasteiger partial charge in [-0.3, -0.25) is 9.36 Å². The van der Waals surface area contributed by atoms with E-state index >= 15 is 0 Å². The smallest absolute Gasteiger partial charge is 0.329 e. The number of nitrogens with one attached hydrogen (secondary N) is 1. The molecule has 0 saturated heterocycles. The number of halogens is 1. The van der Waals surface area contributed by atoms with Crippen LogP contribution in [0.5, 0.6) is 0 Å². The molecule has 1 saturated carbocycles. The summed E-state index contributed by atoms with van der Waals surface area (Å²) >= 11 is 6.42. The molecule has 4 rings (SSSR count). The third kappa shape index (κ3) is 5.65. The van der Waals surface area contributed by atoms with Gasteiger partial charge in [-0.15, -0.1) is 0 Å². The summed E-state index contributed by atoms with van der Waals surface area (Å²) in [7, 11) is 1.75. The number of nitrogens with zero attached hydrogens (tertiary/aromatic N) is 5. The minimum atomic E-state index is -0.829. The van der Waals surface area contributed by atoms with E-state index in [1.165, 1.54) is 15.4 Å². The molecule has 10 nitrogen and oxygen atoms in total. The lowest BCUT2D eigenvalue weighted by atomic mass is 9.93. The average Bonchev–Trinajstić information content (AvgIpc) is 3.24. The molecule has 11 heteroatoms. The molecule has 1 N–H and O–H groups in total. The van der Waals surface area contributed by atoms with Crippen LogP contribution in [0, 0.1) is 0 Å². The van der Waals surface area contributed by atoms with E-state index in [1.54, 1.807) is 53.3 Å². The predicted octanol–water partition coefficient (Wildman–Crippen LogP) is 3.88. The Morgan fingerprint density at radius 1 is 1.26 bits per heavy atom. The molecule has 1 unspecified atom stereocenters. The Morgan fingerprint density at radius 2 is 1.97 bits per heavy atom. The molecular weight excluding hydrogens is 472 g/mol. The summed E-state index contributed by atoms with van der Waals surface area (Å²) in [4.78, 5) is 34.6. The Kier molecular flexibility index (Phi) is 7.14. The van der Waals surface area contributed by atoms with E-state index in [0.29, 0.717) is 33.8 Å². The summed E-state index contributed by atoms with van der Waals surface area (Å²) < 4.78 is 13.6. The predicted molar refractivity (Wildman–Crippen MR) is 133 cm³/mol. The molecule has 35 heavy (non-hydrogen) atoms. The van der Waals surface area contributed by atoms with E-state index in [1.807, 2.05) is 0 Å². The first-order valence-electron chi connectivity index (χ1n) is 11.7. The van der Waals surface area contributed by atoms with Crippen molar-refractivity contribution in [3.63, 3.8) is 0 Å². The van der Waals surface area contributed by atoms with Crippen molar-refractivity contribution in [1.82, 2.24) is 24.1 Å². The summed E-state index contributed by atoms with van der Waals surface area (Å²) in [6.45, 7) is 6.94. The van der Waals surface area contributed by atoms with Crippen LogP contribution >= 0.6 is 11.6 Å². The van der Waals surface area contributed by atoms with Crippen molar-refractivity contribution in [1.29, 1.82) is 0 Å². The number of ether oxygens (including phenoxy) is 2. The van der Waals surface area contributed by atoms with Gasteiger partial charge in [0.2, 0.25) is 5.95 Å². The molecule has 3 aromatic heterocycles. The van der Waals surface area contributed by atoms with Gasteiger partial charge in [0.25, 0.3) is 5.56 Å². The molecule has 1 aliphatic carbocycles. The van der Waals surface area contributed by atoms with Crippen molar-refractivity contribution in [3.8, 4) is 11.3 Å². The Bertz CT molecular complexity index is 1270. The molecule has 0 spiro atoms. The van der Waals surface area contributed by atoms with Crippen LogP contribution < -0.4 is 10.9 Å². The van der Waals surface area contributed by atoms with Crippen LogP contribution in [0.4, 0.5) is 5.95 Å². The second-order valence-corrected chi connectivity index (χ2v) is 10.3. The van der Waals surface area contributed by atoms with Crippen molar-refractivity contribution < 1.29 is 14.3 Å². The summed E-state index contributed by atoms with van der Waals surface area (Å²) in [5.74, 6) is -0.0314. The number of hydrogen-bond donors (Lipinski definition) is 1. The van der Waals surface area contributed by atoms with E-state index in [4.69, 9.17) is 21.1 Å². The van der Waals surface area contributed by atoms with E-state index in [0.717, 1.165) is 25.7 Å². The number of hydrogen-bond acceptors (Lipinski definition) is 8. The maximum absolute atomic E-state index is 13.2. The first-order chi connectivity index (χ1) is 16.6. The monoisotopic (exact) mass is 502 g/mol. The highest BCUT2D eigenvalue weighted by molar-refractivity contribution is 6.32. The lowest BCUT2D eigenvalue weighted by molar-refractivity contribution is -0.158. The summed E-state index contributed by atoms with van der Waals surface area (Å²) in [5.41, 5.74) is 0.373. The number of carbonyl (C=O) groups is 1. The van der Waals surface area contributed by atoms with Crippen molar-refractivity contribution >= 4 is 29.0 Å². The number of aromatic nitrogens is 5. The molecule has 1 atom stereocenters. The van der Waals surface area contributed by atoms with Gasteiger partial charge in [0.1, 0.15) is 23.5 Å². The van der Waals surface area contributed by atoms with Gasteiger partial charge >= 0.3 is 5.97 Å². The van der Waals surface area contributed by atoms with Gasteiger partial charge in [0, 0.05) is 24.9 Å². The maximum atomic E-state index is 13.2. The first-order valence-corrected chi connectivity index (χ1v) is 12.1. The topological polar surface area (TPSA) is 113 Å². The second kappa shape index (κ2) is 9.94. The molecule has 3 heterocycles. The summed E-state index contributed by atoms with van der Waals surface area (Å²) in [6.07, 6.45) is 8.77. The summed E-state index contributed by atoms with van der Waals surface area (Å²) in [5, 5.41) is 8.05. The maximum Gasteiger partial charge on any atom is 0.329 e. The Balaban J connectivity index is 1.60. The molecule has 0 bridgehead atoms. The lowest BCUT2D eigenvalue weighted by Crippen LogP contribution is -2.34. The Hall–Kier alpha value is -2.98. The largest absolute Gasteiger partial charge is 0.458 e. The van der Waals surface area contributed by atoms with Gasteiger partial charge in [-0.05, 0) is 59.4 Å². The van der Waals surface area contributed by atoms with Crippen LogP contribution in [0.25, 0.3) is 16.8 Å². The molecule has 188 valence electrons. The van der Waals surface area contributed by atoms with Gasteiger partial charge in [-0.1, -0.05) is 11.6 Å².